The van der Waals surface area contributed by atoms with Crippen molar-refractivity contribution in [2.75, 3.05) is 13.7 Å². The molecule has 104 valence electrons. The highest BCUT2D eigenvalue weighted by atomic mass is 19.2. The molecule has 0 aliphatic rings. The number of halogens is 2. The average Bonchev–Trinajstić information content (AvgIpc) is 2.31. The second-order valence-electron chi connectivity index (χ2n) is 3.95. The lowest BCUT2D eigenvalue weighted by Crippen LogP contribution is -2.36. The molecule has 0 spiro atoms. The minimum atomic E-state index is -1.51. The molecule has 1 unspecified atom stereocenters. The van der Waals surface area contributed by atoms with Crippen molar-refractivity contribution in [3.05, 3.63) is 34.9 Å². The fourth-order valence-electron chi connectivity index (χ4n) is 1.50. The smallest absolute Gasteiger partial charge is 0.336 e. The fraction of sp³-hybridized carbons (Fsp3) is 0.333. The van der Waals surface area contributed by atoms with Gasteiger partial charge in [-0.1, -0.05) is 0 Å². The van der Waals surface area contributed by atoms with Crippen molar-refractivity contribution in [1.29, 1.82) is 0 Å². The Labute approximate surface area is 108 Å². The van der Waals surface area contributed by atoms with Gasteiger partial charge in [0.15, 0.2) is 11.6 Å². The van der Waals surface area contributed by atoms with E-state index in [0.717, 1.165) is 0 Å². The van der Waals surface area contributed by atoms with Crippen molar-refractivity contribution in [3.8, 4) is 0 Å². The molecule has 2 N–H and O–H groups in total. The minimum Gasteiger partial charge on any atom is -0.478 e. The molecule has 0 heterocycles. The van der Waals surface area contributed by atoms with Crippen molar-refractivity contribution in [3.63, 3.8) is 0 Å². The van der Waals surface area contributed by atoms with Gasteiger partial charge in [-0.2, -0.15) is 0 Å². The Hall–Kier alpha value is -2.02. The summed E-state index contributed by atoms with van der Waals surface area (Å²) in [6.07, 6.45) is 0. The molecule has 0 aliphatic carbocycles. The van der Waals surface area contributed by atoms with Crippen LogP contribution in [0.3, 0.4) is 0 Å². The van der Waals surface area contributed by atoms with E-state index in [1.165, 1.54) is 7.11 Å². The minimum absolute atomic E-state index is 0.206. The Bertz CT molecular complexity index is 505. The summed E-state index contributed by atoms with van der Waals surface area (Å²) in [7, 11) is 1.43. The SMILES string of the molecule is COCC(C)NC(=O)c1cc(F)c(F)cc1C(=O)O. The number of ether oxygens (including phenoxy) is 1. The molecule has 0 radical (unpaired) electrons. The number of carboxylic acids is 1. The van der Waals surface area contributed by atoms with Crippen LogP contribution in [0.1, 0.15) is 27.6 Å². The zero-order valence-corrected chi connectivity index (χ0v) is 10.4. The maximum absolute atomic E-state index is 13.1. The van der Waals surface area contributed by atoms with Gasteiger partial charge in [0.2, 0.25) is 0 Å². The first-order valence-corrected chi connectivity index (χ1v) is 5.39. The Morgan fingerprint density at radius 2 is 1.84 bits per heavy atom. The van der Waals surface area contributed by atoms with E-state index in [-0.39, 0.29) is 6.61 Å². The lowest BCUT2D eigenvalue weighted by Gasteiger charge is -2.14. The van der Waals surface area contributed by atoms with Gasteiger partial charge in [-0.15, -0.1) is 0 Å². The van der Waals surface area contributed by atoms with Crippen LogP contribution in [0.15, 0.2) is 12.1 Å². The van der Waals surface area contributed by atoms with Crippen LogP contribution in [-0.4, -0.2) is 36.7 Å². The van der Waals surface area contributed by atoms with Crippen LogP contribution in [0.25, 0.3) is 0 Å². The first-order chi connectivity index (χ1) is 8.86. The third-order valence-electron chi connectivity index (χ3n) is 2.33. The van der Waals surface area contributed by atoms with Gasteiger partial charge >= 0.3 is 5.97 Å². The van der Waals surface area contributed by atoms with E-state index in [4.69, 9.17) is 9.84 Å². The molecule has 0 saturated heterocycles. The summed E-state index contributed by atoms with van der Waals surface area (Å²) >= 11 is 0. The molecule has 1 aromatic carbocycles. The van der Waals surface area contributed by atoms with Crippen molar-refractivity contribution in [1.82, 2.24) is 5.32 Å². The molecular formula is C12H13F2NO4. The highest BCUT2D eigenvalue weighted by molar-refractivity contribution is 6.04. The molecule has 0 bridgehead atoms. The summed E-state index contributed by atoms with van der Waals surface area (Å²) in [4.78, 5) is 22.7. The number of aromatic carboxylic acids is 1. The number of carbonyl (C=O) groups excluding carboxylic acids is 1. The van der Waals surface area contributed by atoms with E-state index in [2.05, 4.69) is 5.32 Å². The summed E-state index contributed by atoms with van der Waals surface area (Å²) in [6, 6.07) is 0.647. The molecule has 19 heavy (non-hydrogen) atoms. The monoisotopic (exact) mass is 273 g/mol. The molecule has 1 amide bonds. The number of hydrogen-bond acceptors (Lipinski definition) is 3. The van der Waals surface area contributed by atoms with Crippen molar-refractivity contribution < 1.29 is 28.2 Å². The van der Waals surface area contributed by atoms with Crippen LogP contribution < -0.4 is 5.32 Å². The molecule has 0 fully saturated rings. The highest BCUT2D eigenvalue weighted by Crippen LogP contribution is 2.15. The van der Waals surface area contributed by atoms with Crippen LogP contribution in [0, 0.1) is 11.6 Å². The third kappa shape index (κ3) is 3.72. The number of benzene rings is 1. The molecule has 0 saturated carbocycles. The average molecular weight is 273 g/mol. The lowest BCUT2D eigenvalue weighted by molar-refractivity contribution is 0.0689. The second kappa shape index (κ2) is 6.24. The Morgan fingerprint density at radius 1 is 1.32 bits per heavy atom. The molecule has 7 heteroatoms. The molecule has 0 aliphatic heterocycles. The van der Waals surface area contributed by atoms with Crippen LogP contribution in [0.4, 0.5) is 8.78 Å². The first-order valence-electron chi connectivity index (χ1n) is 5.39. The summed E-state index contributed by atoms with van der Waals surface area (Å²) in [5.74, 6) is -4.92. The predicted molar refractivity (Wildman–Crippen MR) is 62.1 cm³/mol. The van der Waals surface area contributed by atoms with Crippen molar-refractivity contribution in [2.45, 2.75) is 13.0 Å². The maximum atomic E-state index is 13.1. The van der Waals surface area contributed by atoms with Crippen LogP contribution in [-0.2, 0) is 4.74 Å². The van der Waals surface area contributed by atoms with Gasteiger partial charge in [0, 0.05) is 13.2 Å². The number of hydrogen-bond donors (Lipinski definition) is 2. The van der Waals surface area contributed by atoms with Crippen LogP contribution in [0.5, 0.6) is 0 Å². The predicted octanol–water partition coefficient (Wildman–Crippen LogP) is 1.43. The van der Waals surface area contributed by atoms with E-state index >= 15 is 0 Å². The van der Waals surface area contributed by atoms with Gasteiger partial charge in [-0.25, -0.2) is 13.6 Å². The van der Waals surface area contributed by atoms with Gasteiger partial charge in [-0.3, -0.25) is 4.79 Å². The van der Waals surface area contributed by atoms with E-state index in [1.807, 2.05) is 0 Å². The number of carboxylic acid groups (broad SMARTS) is 1. The standard InChI is InChI=1S/C12H13F2NO4/c1-6(5-19-2)15-11(16)7-3-9(13)10(14)4-8(7)12(17)18/h3-4,6H,5H2,1-2H3,(H,15,16)(H,17,18). The number of nitrogens with one attached hydrogen (secondary N) is 1. The van der Waals surface area contributed by atoms with Gasteiger partial charge in [-0.05, 0) is 19.1 Å². The summed E-state index contributed by atoms with van der Waals surface area (Å²) in [5, 5.41) is 11.3. The molecule has 1 aromatic rings. The quantitative estimate of drug-likeness (QED) is 0.851. The number of carbonyl (C=O) groups is 2. The number of amides is 1. The molecular weight excluding hydrogens is 260 g/mol. The molecule has 1 atom stereocenters. The molecule has 1 rings (SSSR count). The van der Waals surface area contributed by atoms with Crippen molar-refractivity contribution in [2.24, 2.45) is 0 Å². The van der Waals surface area contributed by atoms with Gasteiger partial charge in [0.1, 0.15) is 0 Å². The van der Waals surface area contributed by atoms with Crippen molar-refractivity contribution >= 4 is 11.9 Å². The van der Waals surface area contributed by atoms with Gasteiger partial charge in [0.25, 0.3) is 5.91 Å². The van der Waals surface area contributed by atoms with Crippen LogP contribution >= 0.6 is 0 Å². The van der Waals surface area contributed by atoms with E-state index in [0.29, 0.717) is 12.1 Å². The highest BCUT2D eigenvalue weighted by Gasteiger charge is 2.21. The Kier molecular flexibility index (Phi) is 4.94. The largest absolute Gasteiger partial charge is 0.478 e. The summed E-state index contributed by atoms with van der Waals surface area (Å²) in [6.45, 7) is 1.83. The molecule has 5 nitrogen and oxygen atoms in total. The third-order valence-corrected chi connectivity index (χ3v) is 2.33. The van der Waals surface area contributed by atoms with E-state index in [1.54, 1.807) is 6.92 Å². The van der Waals surface area contributed by atoms with Gasteiger partial charge in [0.05, 0.1) is 17.7 Å². The second-order valence-corrected chi connectivity index (χ2v) is 3.95. The molecule has 0 aromatic heterocycles. The Morgan fingerprint density at radius 3 is 2.32 bits per heavy atom. The van der Waals surface area contributed by atoms with E-state index < -0.39 is 40.7 Å². The van der Waals surface area contributed by atoms with E-state index in [9.17, 15) is 18.4 Å². The lowest BCUT2D eigenvalue weighted by atomic mass is 10.1. The number of rotatable bonds is 5. The summed E-state index contributed by atoms with van der Waals surface area (Å²) < 4.78 is 30.9. The Balaban J connectivity index is 3.08. The fourth-order valence-corrected chi connectivity index (χ4v) is 1.50. The first kappa shape index (κ1) is 15.0. The number of methoxy groups -OCH3 is 1. The zero-order valence-electron chi connectivity index (χ0n) is 10.4. The van der Waals surface area contributed by atoms with Gasteiger partial charge < -0.3 is 15.2 Å². The van der Waals surface area contributed by atoms with Crippen LogP contribution in [0.2, 0.25) is 0 Å². The topological polar surface area (TPSA) is 75.6 Å². The normalized spacial score (nSPS) is 12.0. The maximum Gasteiger partial charge on any atom is 0.336 e. The summed E-state index contributed by atoms with van der Waals surface area (Å²) in [5.41, 5.74) is -1.03. The zero-order chi connectivity index (χ0) is 14.6.